The monoisotopic (exact) mass is 290 g/mol. The summed E-state index contributed by atoms with van der Waals surface area (Å²) >= 11 is 0. The van der Waals surface area contributed by atoms with Crippen LogP contribution in [0, 0.1) is 5.41 Å². The number of fused-ring (bicyclic) bond motifs is 3. The molecular weight excluding hydrogens is 276 g/mol. The van der Waals surface area contributed by atoms with Crippen LogP contribution in [0.1, 0.15) is 16.7 Å². The fourth-order valence-corrected chi connectivity index (χ4v) is 3.09. The average Bonchev–Trinajstić information content (AvgIpc) is 3.07. The molecule has 0 aromatic carbocycles. The van der Waals surface area contributed by atoms with Gasteiger partial charge in [-0.05, 0) is 42.2 Å². The van der Waals surface area contributed by atoms with E-state index in [-0.39, 0.29) is 0 Å². The maximum absolute atomic E-state index is 7.69. The Balaban J connectivity index is 2.08. The highest BCUT2D eigenvalue weighted by molar-refractivity contribution is 5.96. The third-order valence-electron chi connectivity index (χ3n) is 4.08. The van der Waals surface area contributed by atoms with Crippen molar-refractivity contribution in [2.45, 2.75) is 12.8 Å². The van der Waals surface area contributed by atoms with Crippen molar-refractivity contribution in [2.24, 2.45) is 0 Å². The number of nitrogens with two attached hydrogens (primary N) is 1. The molecule has 0 fully saturated rings. The van der Waals surface area contributed by atoms with Crippen molar-refractivity contribution in [3.63, 3.8) is 0 Å². The van der Waals surface area contributed by atoms with Gasteiger partial charge in [0, 0.05) is 35.3 Å². The first kappa shape index (κ1) is 12.8. The fraction of sp³-hybridized carbons (Fsp3) is 0.118. The highest BCUT2D eigenvalue weighted by Crippen LogP contribution is 2.40. The molecule has 0 saturated heterocycles. The van der Waals surface area contributed by atoms with E-state index in [9.17, 15) is 0 Å². The van der Waals surface area contributed by atoms with Crippen LogP contribution in [0.4, 0.5) is 5.82 Å². The van der Waals surface area contributed by atoms with Gasteiger partial charge in [-0.1, -0.05) is 0 Å². The van der Waals surface area contributed by atoms with Gasteiger partial charge in [-0.25, -0.2) is 4.98 Å². The van der Waals surface area contributed by atoms with Crippen molar-refractivity contribution in [3.8, 4) is 22.6 Å². The Hall–Kier alpha value is -2.95. The summed E-state index contributed by atoms with van der Waals surface area (Å²) in [4.78, 5) is 8.74. The van der Waals surface area contributed by atoms with Gasteiger partial charge in [-0.15, -0.1) is 0 Å². The Morgan fingerprint density at radius 2 is 2.18 bits per heavy atom. The molecule has 1 aliphatic carbocycles. The van der Waals surface area contributed by atoms with E-state index >= 15 is 0 Å². The molecule has 0 saturated carbocycles. The summed E-state index contributed by atoms with van der Waals surface area (Å²) in [7, 11) is 0. The quantitative estimate of drug-likeness (QED) is 0.710. The number of nitrogen functional groups attached to an aromatic ring is 1. The lowest BCUT2D eigenvalue weighted by Crippen LogP contribution is -2.12. The molecule has 0 atom stereocenters. The first-order valence-corrected chi connectivity index (χ1v) is 7.09. The van der Waals surface area contributed by atoms with Crippen LogP contribution in [0.2, 0.25) is 0 Å². The SMILES string of the molecule is N=Cc1c(N)nc2c(c1-c1ccco1)CCc1cnccc1-2. The minimum Gasteiger partial charge on any atom is -0.464 e. The molecule has 0 bridgehead atoms. The number of aromatic nitrogens is 2. The minimum absolute atomic E-state index is 0.352. The van der Waals surface area contributed by atoms with E-state index in [0.717, 1.165) is 41.0 Å². The third kappa shape index (κ3) is 1.75. The number of furan rings is 1. The zero-order chi connectivity index (χ0) is 15.1. The van der Waals surface area contributed by atoms with Gasteiger partial charge in [-0.2, -0.15) is 0 Å². The predicted molar refractivity (Wildman–Crippen MR) is 84.9 cm³/mol. The number of hydrogen-bond acceptors (Lipinski definition) is 5. The molecule has 3 aromatic rings. The molecule has 0 radical (unpaired) electrons. The Kier molecular flexibility index (Phi) is 2.79. The number of anilines is 1. The molecular formula is C17H14N4O. The predicted octanol–water partition coefficient (Wildman–Crippen LogP) is 3.08. The Morgan fingerprint density at radius 3 is 2.95 bits per heavy atom. The van der Waals surface area contributed by atoms with Gasteiger partial charge in [-0.3, -0.25) is 4.98 Å². The summed E-state index contributed by atoms with van der Waals surface area (Å²) in [6, 6.07) is 5.70. The first-order chi connectivity index (χ1) is 10.8. The molecule has 3 aromatic heterocycles. The van der Waals surface area contributed by atoms with Crippen LogP contribution in [-0.4, -0.2) is 16.2 Å². The van der Waals surface area contributed by atoms with Crippen LogP contribution < -0.4 is 5.73 Å². The number of hydrogen-bond donors (Lipinski definition) is 2. The normalized spacial score (nSPS) is 12.5. The Bertz CT molecular complexity index is 869. The maximum Gasteiger partial charge on any atom is 0.135 e. The van der Waals surface area contributed by atoms with Crippen LogP contribution >= 0.6 is 0 Å². The van der Waals surface area contributed by atoms with Crippen LogP contribution in [0.25, 0.3) is 22.6 Å². The van der Waals surface area contributed by atoms with Crippen molar-refractivity contribution in [2.75, 3.05) is 5.73 Å². The van der Waals surface area contributed by atoms with Gasteiger partial charge in [0.1, 0.15) is 11.6 Å². The second-order valence-electron chi connectivity index (χ2n) is 5.27. The van der Waals surface area contributed by atoms with Crippen LogP contribution in [0.3, 0.4) is 0 Å². The molecule has 5 nitrogen and oxygen atoms in total. The third-order valence-corrected chi connectivity index (χ3v) is 4.08. The zero-order valence-corrected chi connectivity index (χ0v) is 11.8. The Morgan fingerprint density at radius 1 is 1.27 bits per heavy atom. The summed E-state index contributed by atoms with van der Waals surface area (Å²) in [5, 5.41) is 7.69. The number of nitrogens with zero attached hydrogens (tertiary/aromatic N) is 2. The van der Waals surface area contributed by atoms with Gasteiger partial charge in [0.15, 0.2) is 0 Å². The highest BCUT2D eigenvalue weighted by atomic mass is 16.3. The van der Waals surface area contributed by atoms with E-state index in [1.165, 1.54) is 11.8 Å². The summed E-state index contributed by atoms with van der Waals surface area (Å²) in [6.45, 7) is 0. The summed E-state index contributed by atoms with van der Waals surface area (Å²) in [5.74, 6) is 1.08. The highest BCUT2D eigenvalue weighted by Gasteiger charge is 2.25. The van der Waals surface area contributed by atoms with Crippen LogP contribution in [0.5, 0.6) is 0 Å². The first-order valence-electron chi connectivity index (χ1n) is 7.09. The second kappa shape index (κ2) is 4.80. The molecule has 1 aliphatic rings. The van der Waals surface area contributed by atoms with Crippen LogP contribution in [0.15, 0.2) is 41.3 Å². The molecule has 0 aliphatic heterocycles. The summed E-state index contributed by atoms with van der Waals surface area (Å²) in [5.41, 5.74) is 11.8. The molecule has 0 spiro atoms. The number of nitrogens with one attached hydrogen (secondary N) is 1. The van der Waals surface area contributed by atoms with Crippen molar-refractivity contribution in [3.05, 3.63) is 53.5 Å². The molecule has 22 heavy (non-hydrogen) atoms. The number of pyridine rings is 2. The van der Waals surface area contributed by atoms with Crippen molar-refractivity contribution in [1.82, 2.24) is 9.97 Å². The number of rotatable bonds is 2. The maximum atomic E-state index is 7.69. The van der Waals surface area contributed by atoms with E-state index < -0.39 is 0 Å². The summed E-state index contributed by atoms with van der Waals surface area (Å²) < 4.78 is 5.57. The molecule has 3 heterocycles. The fourth-order valence-electron chi connectivity index (χ4n) is 3.09. The molecule has 0 amide bonds. The van der Waals surface area contributed by atoms with Gasteiger partial charge in [0.2, 0.25) is 0 Å². The van der Waals surface area contributed by atoms with Gasteiger partial charge < -0.3 is 15.6 Å². The Labute approximate surface area is 127 Å². The standard InChI is InChI=1S/C17H14N4O/c18-8-13-15(14-2-1-7-22-14)12-4-3-10-9-20-6-5-11(10)16(12)21-17(13)19/h1-2,5-9,18H,3-4H2,(H2,19,21). The molecule has 3 N–H and O–H groups in total. The van der Waals surface area contributed by atoms with Gasteiger partial charge in [0.25, 0.3) is 0 Å². The smallest absolute Gasteiger partial charge is 0.135 e. The number of aryl methyl sites for hydroxylation is 1. The van der Waals surface area contributed by atoms with Crippen LogP contribution in [-0.2, 0) is 12.8 Å². The van der Waals surface area contributed by atoms with E-state index in [4.69, 9.17) is 15.6 Å². The van der Waals surface area contributed by atoms with Crippen molar-refractivity contribution >= 4 is 12.0 Å². The van der Waals surface area contributed by atoms with Gasteiger partial charge >= 0.3 is 0 Å². The van der Waals surface area contributed by atoms with E-state index in [1.807, 2.05) is 24.4 Å². The lowest BCUT2D eigenvalue weighted by Gasteiger charge is -2.22. The van der Waals surface area contributed by atoms with E-state index in [1.54, 1.807) is 12.5 Å². The molecule has 5 heteroatoms. The lowest BCUT2D eigenvalue weighted by atomic mass is 9.85. The largest absolute Gasteiger partial charge is 0.464 e. The van der Waals surface area contributed by atoms with Crippen molar-refractivity contribution < 1.29 is 4.42 Å². The minimum atomic E-state index is 0.352. The average molecular weight is 290 g/mol. The lowest BCUT2D eigenvalue weighted by molar-refractivity contribution is 0.581. The van der Waals surface area contributed by atoms with Gasteiger partial charge in [0.05, 0.1) is 12.0 Å². The second-order valence-corrected chi connectivity index (χ2v) is 5.27. The van der Waals surface area contributed by atoms with E-state index in [2.05, 4.69) is 9.97 Å². The topological polar surface area (TPSA) is 88.8 Å². The summed E-state index contributed by atoms with van der Waals surface area (Å²) in [6.07, 6.45) is 8.26. The molecule has 0 unspecified atom stereocenters. The molecule has 108 valence electrons. The zero-order valence-electron chi connectivity index (χ0n) is 11.8. The molecule has 4 rings (SSSR count). The van der Waals surface area contributed by atoms with Crippen molar-refractivity contribution in [1.29, 1.82) is 5.41 Å². The van der Waals surface area contributed by atoms with E-state index in [0.29, 0.717) is 11.4 Å².